The molecule has 76 valence electrons. The van der Waals surface area contributed by atoms with Crippen LogP contribution in [0.4, 0.5) is 0 Å². The van der Waals surface area contributed by atoms with Gasteiger partial charge in [0.1, 0.15) is 0 Å². The smallest absolute Gasteiger partial charge is 0.0411 e. The van der Waals surface area contributed by atoms with Crippen LogP contribution >= 0.6 is 0 Å². The van der Waals surface area contributed by atoms with E-state index in [-0.39, 0.29) is 0 Å². The molecule has 0 saturated heterocycles. The van der Waals surface area contributed by atoms with E-state index in [1.165, 1.54) is 38.5 Å². The first-order valence-electron chi connectivity index (χ1n) is 6.34. The van der Waals surface area contributed by atoms with E-state index >= 15 is 0 Å². The van der Waals surface area contributed by atoms with E-state index in [1.807, 2.05) is 0 Å². The van der Waals surface area contributed by atoms with Crippen LogP contribution in [0.5, 0.6) is 0 Å². The molecule has 0 nitrogen and oxygen atoms in total. The molecular formula is C13H24. The van der Waals surface area contributed by atoms with Gasteiger partial charge in [-0.05, 0) is 24.2 Å². The molecule has 0 heteroatoms. The van der Waals surface area contributed by atoms with Gasteiger partial charge in [-0.1, -0.05) is 58.3 Å². The predicted molar refractivity (Wildman–Crippen MR) is 57.7 cm³/mol. The van der Waals surface area contributed by atoms with Crippen molar-refractivity contribution in [1.29, 1.82) is 0 Å². The maximum atomic E-state index is 2.42. The van der Waals surface area contributed by atoms with Crippen molar-refractivity contribution >= 4 is 0 Å². The third-order valence-corrected chi connectivity index (χ3v) is 4.28. The first-order chi connectivity index (χ1) is 6.34. The minimum Gasteiger partial charge on any atom is -0.0625 e. The van der Waals surface area contributed by atoms with Gasteiger partial charge in [0, 0.05) is 0 Å². The lowest BCUT2D eigenvalue weighted by Gasteiger charge is -2.28. The Morgan fingerprint density at radius 3 is 1.92 bits per heavy atom. The zero-order valence-electron chi connectivity index (χ0n) is 9.10. The first kappa shape index (κ1) is 9.55. The first-order valence-corrected chi connectivity index (χ1v) is 6.34. The Hall–Kier alpha value is 0. The highest BCUT2D eigenvalue weighted by atomic mass is 14.3. The molecule has 0 bridgehead atoms. The third kappa shape index (κ3) is 2.72. The fourth-order valence-corrected chi connectivity index (χ4v) is 3.28. The molecule has 0 N–H and O–H groups in total. The van der Waals surface area contributed by atoms with Crippen molar-refractivity contribution in [2.45, 2.75) is 64.7 Å². The summed E-state index contributed by atoms with van der Waals surface area (Å²) in [5.74, 6) is 3.26. The van der Waals surface area contributed by atoms with Gasteiger partial charge < -0.3 is 0 Å². The molecule has 2 aliphatic carbocycles. The van der Waals surface area contributed by atoms with Gasteiger partial charge in [0.05, 0.1) is 0 Å². The van der Waals surface area contributed by atoms with Gasteiger partial charge in [0.15, 0.2) is 0 Å². The Balaban J connectivity index is 1.69. The lowest BCUT2D eigenvalue weighted by molar-refractivity contribution is 0.246. The van der Waals surface area contributed by atoms with Crippen molar-refractivity contribution in [1.82, 2.24) is 0 Å². The van der Waals surface area contributed by atoms with Crippen LogP contribution in [-0.2, 0) is 0 Å². The number of hydrogen-bond acceptors (Lipinski definition) is 0. The Kier molecular flexibility index (Phi) is 3.29. The van der Waals surface area contributed by atoms with Crippen molar-refractivity contribution in [3.05, 3.63) is 0 Å². The Morgan fingerprint density at radius 1 is 0.769 bits per heavy atom. The van der Waals surface area contributed by atoms with E-state index in [0.717, 1.165) is 17.8 Å². The fraction of sp³-hybridized carbons (Fsp3) is 1.00. The SMILES string of the molecule is CC1CCC(CC2CCCC2)CC1. The topological polar surface area (TPSA) is 0 Å². The summed E-state index contributed by atoms with van der Waals surface area (Å²) < 4.78 is 0. The zero-order valence-corrected chi connectivity index (χ0v) is 9.10. The van der Waals surface area contributed by atoms with Crippen LogP contribution in [0.3, 0.4) is 0 Å². The van der Waals surface area contributed by atoms with E-state index in [9.17, 15) is 0 Å². The summed E-state index contributed by atoms with van der Waals surface area (Å²) in [6, 6.07) is 0. The fourth-order valence-electron chi connectivity index (χ4n) is 3.28. The Bertz CT molecular complexity index is 136. The van der Waals surface area contributed by atoms with Gasteiger partial charge in [0.2, 0.25) is 0 Å². The normalized spacial score (nSPS) is 36.7. The molecule has 0 unspecified atom stereocenters. The highest BCUT2D eigenvalue weighted by Gasteiger charge is 2.23. The van der Waals surface area contributed by atoms with Crippen molar-refractivity contribution < 1.29 is 0 Å². The van der Waals surface area contributed by atoms with Crippen LogP contribution in [-0.4, -0.2) is 0 Å². The number of hydrogen-bond donors (Lipinski definition) is 0. The Labute approximate surface area is 83.1 Å². The van der Waals surface area contributed by atoms with E-state index in [0.29, 0.717) is 0 Å². The van der Waals surface area contributed by atoms with Gasteiger partial charge in [-0.3, -0.25) is 0 Å². The molecule has 0 amide bonds. The van der Waals surface area contributed by atoms with Gasteiger partial charge in [-0.25, -0.2) is 0 Å². The van der Waals surface area contributed by atoms with Crippen LogP contribution in [0.25, 0.3) is 0 Å². The monoisotopic (exact) mass is 180 g/mol. The van der Waals surface area contributed by atoms with Gasteiger partial charge in [0.25, 0.3) is 0 Å². The molecule has 2 rings (SSSR count). The molecule has 0 heterocycles. The summed E-state index contributed by atoms with van der Waals surface area (Å²) >= 11 is 0. The average Bonchev–Trinajstić information content (AvgIpc) is 2.62. The van der Waals surface area contributed by atoms with Crippen molar-refractivity contribution in [2.24, 2.45) is 17.8 Å². The van der Waals surface area contributed by atoms with E-state index < -0.39 is 0 Å². The molecule has 2 fully saturated rings. The van der Waals surface area contributed by atoms with Crippen molar-refractivity contribution in [3.8, 4) is 0 Å². The van der Waals surface area contributed by atoms with E-state index in [4.69, 9.17) is 0 Å². The second-order valence-electron chi connectivity index (χ2n) is 5.51. The lowest BCUT2D eigenvalue weighted by atomic mass is 9.78. The summed E-state index contributed by atoms with van der Waals surface area (Å²) in [7, 11) is 0. The second kappa shape index (κ2) is 4.48. The summed E-state index contributed by atoms with van der Waals surface area (Å²) in [6.45, 7) is 2.42. The maximum absolute atomic E-state index is 2.42. The van der Waals surface area contributed by atoms with Gasteiger partial charge >= 0.3 is 0 Å². The largest absolute Gasteiger partial charge is 0.0625 e. The van der Waals surface area contributed by atoms with E-state index in [1.54, 1.807) is 19.3 Å². The van der Waals surface area contributed by atoms with Crippen LogP contribution in [0, 0.1) is 17.8 Å². The Morgan fingerprint density at radius 2 is 1.31 bits per heavy atom. The van der Waals surface area contributed by atoms with Crippen molar-refractivity contribution in [2.75, 3.05) is 0 Å². The lowest BCUT2D eigenvalue weighted by Crippen LogP contribution is -2.14. The van der Waals surface area contributed by atoms with Crippen LogP contribution in [0.1, 0.15) is 64.7 Å². The molecule has 0 aromatic carbocycles. The van der Waals surface area contributed by atoms with Crippen LogP contribution < -0.4 is 0 Å². The van der Waals surface area contributed by atoms with Gasteiger partial charge in [-0.2, -0.15) is 0 Å². The zero-order chi connectivity index (χ0) is 9.10. The van der Waals surface area contributed by atoms with Gasteiger partial charge in [-0.15, -0.1) is 0 Å². The minimum atomic E-state index is 1.03. The minimum absolute atomic E-state index is 1.03. The summed E-state index contributed by atoms with van der Waals surface area (Å²) in [4.78, 5) is 0. The molecule has 0 aromatic heterocycles. The number of rotatable bonds is 2. The van der Waals surface area contributed by atoms with Crippen LogP contribution in [0.15, 0.2) is 0 Å². The average molecular weight is 180 g/mol. The predicted octanol–water partition coefficient (Wildman–Crippen LogP) is 4.39. The highest BCUT2D eigenvalue weighted by Crippen LogP contribution is 2.37. The second-order valence-corrected chi connectivity index (χ2v) is 5.51. The molecule has 0 atom stereocenters. The highest BCUT2D eigenvalue weighted by molar-refractivity contribution is 4.75. The van der Waals surface area contributed by atoms with E-state index in [2.05, 4.69) is 6.92 Å². The quantitative estimate of drug-likeness (QED) is 0.591. The summed E-state index contributed by atoms with van der Waals surface area (Å²) in [6.07, 6.45) is 13.8. The molecule has 2 aliphatic rings. The summed E-state index contributed by atoms with van der Waals surface area (Å²) in [5.41, 5.74) is 0. The molecule has 0 spiro atoms. The molecule has 13 heavy (non-hydrogen) atoms. The summed E-state index contributed by atoms with van der Waals surface area (Å²) in [5, 5.41) is 0. The maximum Gasteiger partial charge on any atom is -0.0411 e. The standard InChI is InChI=1S/C13H24/c1-11-6-8-13(9-7-11)10-12-4-2-3-5-12/h11-13H,2-10H2,1H3. The molecule has 2 saturated carbocycles. The van der Waals surface area contributed by atoms with Crippen LogP contribution in [0.2, 0.25) is 0 Å². The van der Waals surface area contributed by atoms with Crippen molar-refractivity contribution in [3.63, 3.8) is 0 Å². The molecule has 0 aliphatic heterocycles. The third-order valence-electron chi connectivity index (χ3n) is 4.28. The molecular weight excluding hydrogens is 156 g/mol. The molecule has 0 radical (unpaired) electrons. The molecule has 0 aromatic rings.